The lowest BCUT2D eigenvalue weighted by Gasteiger charge is -2.20. The summed E-state index contributed by atoms with van der Waals surface area (Å²) in [6.45, 7) is 4.95. The van der Waals surface area contributed by atoms with Gasteiger partial charge in [-0.3, -0.25) is 4.79 Å². The van der Waals surface area contributed by atoms with Crippen LogP contribution >= 0.6 is 11.6 Å². The second-order valence-electron chi connectivity index (χ2n) is 5.60. The average molecular weight is 325 g/mol. The minimum atomic E-state index is -0.506. The van der Waals surface area contributed by atoms with E-state index in [1.807, 2.05) is 26.0 Å². The number of amides is 1. The van der Waals surface area contributed by atoms with Gasteiger partial charge < -0.3 is 14.5 Å². The highest BCUT2D eigenvalue weighted by atomic mass is 35.5. The molecular weight excluding hydrogens is 304 g/mol. The normalized spacial score (nSPS) is 17.1. The maximum absolute atomic E-state index is 12.3. The highest BCUT2D eigenvalue weighted by Gasteiger charge is 2.31. The second-order valence-corrected chi connectivity index (χ2v) is 6.04. The van der Waals surface area contributed by atoms with Crippen molar-refractivity contribution in [1.82, 2.24) is 4.90 Å². The van der Waals surface area contributed by atoms with E-state index >= 15 is 0 Å². The van der Waals surface area contributed by atoms with Gasteiger partial charge in [0.2, 0.25) is 6.10 Å². The van der Waals surface area contributed by atoms with Crippen molar-refractivity contribution in [2.45, 2.75) is 26.4 Å². The van der Waals surface area contributed by atoms with Crippen LogP contribution in [0.2, 0.25) is 5.02 Å². The van der Waals surface area contributed by atoms with Gasteiger partial charge in [-0.2, -0.15) is 0 Å². The first-order chi connectivity index (χ1) is 10.5. The zero-order valence-corrected chi connectivity index (χ0v) is 13.8. The van der Waals surface area contributed by atoms with Gasteiger partial charge in [-0.25, -0.2) is 0 Å². The third-order valence-electron chi connectivity index (χ3n) is 3.50. The van der Waals surface area contributed by atoms with Crippen LogP contribution in [0.15, 0.2) is 29.4 Å². The Balaban J connectivity index is 1.76. The molecule has 1 aliphatic rings. The minimum Gasteiger partial charge on any atom is -0.492 e. The third kappa shape index (κ3) is 4.37. The van der Waals surface area contributed by atoms with E-state index in [4.69, 9.17) is 21.2 Å². The van der Waals surface area contributed by atoms with Gasteiger partial charge in [-0.15, -0.1) is 0 Å². The molecule has 6 heteroatoms. The molecule has 22 heavy (non-hydrogen) atoms. The lowest BCUT2D eigenvalue weighted by Crippen LogP contribution is -2.39. The lowest BCUT2D eigenvalue weighted by atomic mass is 10.0. The smallest absolute Gasteiger partial charge is 0.266 e. The van der Waals surface area contributed by atoms with Crippen LogP contribution in [0.25, 0.3) is 0 Å². The van der Waals surface area contributed by atoms with Gasteiger partial charge >= 0.3 is 0 Å². The highest BCUT2D eigenvalue weighted by Crippen LogP contribution is 2.18. The SMILES string of the molecule is CC(C)C1=NOC(C(=O)N(C)CCOc2cccc(Cl)c2)C1. The fourth-order valence-corrected chi connectivity index (χ4v) is 2.26. The van der Waals surface area contributed by atoms with Crippen LogP contribution in [-0.2, 0) is 9.63 Å². The molecule has 0 aliphatic carbocycles. The Labute approximate surface area is 135 Å². The Kier molecular flexibility index (Phi) is 5.66. The molecule has 1 aromatic carbocycles. The molecular formula is C16H21ClN2O3. The van der Waals surface area contributed by atoms with E-state index in [-0.39, 0.29) is 5.91 Å². The van der Waals surface area contributed by atoms with E-state index in [1.165, 1.54) is 0 Å². The maximum Gasteiger partial charge on any atom is 0.266 e. The topological polar surface area (TPSA) is 51.1 Å². The standard InChI is InChI=1S/C16H21ClN2O3/c1-11(2)14-10-15(22-18-14)16(20)19(3)7-8-21-13-6-4-5-12(17)9-13/h4-6,9,11,15H,7-8,10H2,1-3H3. The van der Waals surface area contributed by atoms with E-state index in [0.717, 1.165) is 5.71 Å². The van der Waals surface area contributed by atoms with Gasteiger partial charge in [-0.05, 0) is 24.1 Å². The number of hydrogen-bond donors (Lipinski definition) is 0. The zero-order chi connectivity index (χ0) is 16.1. The maximum atomic E-state index is 12.3. The fraction of sp³-hybridized carbons (Fsp3) is 0.500. The van der Waals surface area contributed by atoms with Crippen LogP contribution < -0.4 is 4.74 Å². The largest absolute Gasteiger partial charge is 0.492 e. The number of halogens is 1. The van der Waals surface area contributed by atoms with Crippen molar-refractivity contribution in [3.05, 3.63) is 29.3 Å². The van der Waals surface area contributed by atoms with Crippen molar-refractivity contribution in [2.75, 3.05) is 20.2 Å². The Morgan fingerprint density at radius 3 is 2.95 bits per heavy atom. The number of carbonyl (C=O) groups excluding carboxylic acids is 1. The summed E-state index contributed by atoms with van der Waals surface area (Å²) >= 11 is 5.89. The predicted octanol–water partition coefficient (Wildman–Crippen LogP) is 2.98. The first-order valence-electron chi connectivity index (χ1n) is 7.33. The van der Waals surface area contributed by atoms with Crippen LogP contribution in [0, 0.1) is 5.92 Å². The van der Waals surface area contributed by atoms with Crippen molar-refractivity contribution in [2.24, 2.45) is 11.1 Å². The molecule has 2 rings (SSSR count). The van der Waals surface area contributed by atoms with Crippen LogP contribution in [0.4, 0.5) is 0 Å². The molecule has 1 aliphatic heterocycles. The molecule has 0 aromatic heterocycles. The Morgan fingerprint density at radius 1 is 1.55 bits per heavy atom. The van der Waals surface area contributed by atoms with Crippen LogP contribution in [0.1, 0.15) is 20.3 Å². The average Bonchev–Trinajstić information content (AvgIpc) is 2.96. The van der Waals surface area contributed by atoms with Crippen LogP contribution in [0.3, 0.4) is 0 Å². The minimum absolute atomic E-state index is 0.0749. The highest BCUT2D eigenvalue weighted by molar-refractivity contribution is 6.30. The molecule has 5 nitrogen and oxygen atoms in total. The van der Waals surface area contributed by atoms with Gasteiger partial charge in [0.1, 0.15) is 12.4 Å². The monoisotopic (exact) mass is 324 g/mol. The predicted molar refractivity (Wildman–Crippen MR) is 86.3 cm³/mol. The Hall–Kier alpha value is -1.75. The summed E-state index contributed by atoms with van der Waals surface area (Å²) in [5, 5.41) is 4.61. The first kappa shape index (κ1) is 16.6. The summed E-state index contributed by atoms with van der Waals surface area (Å²) in [6.07, 6.45) is 0.0595. The zero-order valence-electron chi connectivity index (χ0n) is 13.1. The number of oxime groups is 1. The summed E-state index contributed by atoms with van der Waals surface area (Å²) in [4.78, 5) is 19.1. The number of rotatable bonds is 6. The Morgan fingerprint density at radius 2 is 2.32 bits per heavy atom. The molecule has 1 heterocycles. The summed E-state index contributed by atoms with van der Waals surface area (Å²) < 4.78 is 5.58. The molecule has 0 N–H and O–H groups in total. The summed E-state index contributed by atoms with van der Waals surface area (Å²) in [5.74, 6) is 0.916. The quantitative estimate of drug-likeness (QED) is 0.808. The summed E-state index contributed by atoms with van der Waals surface area (Å²) in [7, 11) is 1.74. The molecule has 0 bridgehead atoms. The number of carbonyl (C=O) groups is 1. The molecule has 0 fully saturated rings. The molecule has 1 aromatic rings. The van der Waals surface area contributed by atoms with Gasteiger partial charge in [0.15, 0.2) is 0 Å². The van der Waals surface area contributed by atoms with E-state index < -0.39 is 6.10 Å². The van der Waals surface area contributed by atoms with E-state index in [9.17, 15) is 4.79 Å². The van der Waals surface area contributed by atoms with E-state index in [2.05, 4.69) is 5.16 Å². The molecule has 120 valence electrons. The Bertz CT molecular complexity index is 560. The number of ether oxygens (including phenoxy) is 1. The second kappa shape index (κ2) is 7.49. The number of hydrogen-bond acceptors (Lipinski definition) is 4. The van der Waals surface area contributed by atoms with Crippen molar-refractivity contribution in [1.29, 1.82) is 0 Å². The van der Waals surface area contributed by atoms with Crippen molar-refractivity contribution < 1.29 is 14.4 Å². The molecule has 1 atom stereocenters. The van der Waals surface area contributed by atoms with Gasteiger partial charge in [-0.1, -0.05) is 36.7 Å². The lowest BCUT2D eigenvalue weighted by molar-refractivity contribution is -0.141. The third-order valence-corrected chi connectivity index (χ3v) is 3.74. The van der Waals surface area contributed by atoms with Crippen molar-refractivity contribution >= 4 is 23.2 Å². The van der Waals surface area contributed by atoms with Crippen molar-refractivity contribution in [3.8, 4) is 5.75 Å². The van der Waals surface area contributed by atoms with Crippen LogP contribution in [-0.4, -0.2) is 42.8 Å². The van der Waals surface area contributed by atoms with Crippen LogP contribution in [0.5, 0.6) is 5.75 Å². The molecule has 0 spiro atoms. The molecule has 0 radical (unpaired) electrons. The number of likely N-dealkylation sites (N-methyl/N-ethyl adjacent to an activating group) is 1. The molecule has 1 amide bonds. The molecule has 1 unspecified atom stereocenters. The fourth-order valence-electron chi connectivity index (χ4n) is 2.08. The van der Waals surface area contributed by atoms with Gasteiger partial charge in [0.25, 0.3) is 5.91 Å². The van der Waals surface area contributed by atoms with Gasteiger partial charge in [0, 0.05) is 18.5 Å². The van der Waals surface area contributed by atoms with Gasteiger partial charge in [0.05, 0.1) is 12.3 Å². The number of nitrogens with zero attached hydrogens (tertiary/aromatic N) is 2. The summed E-state index contributed by atoms with van der Waals surface area (Å²) in [6, 6.07) is 7.18. The molecule has 0 saturated heterocycles. The molecule has 0 saturated carbocycles. The number of benzene rings is 1. The van der Waals surface area contributed by atoms with Crippen molar-refractivity contribution in [3.63, 3.8) is 0 Å². The first-order valence-corrected chi connectivity index (χ1v) is 7.71. The van der Waals surface area contributed by atoms with E-state index in [0.29, 0.717) is 36.3 Å². The summed E-state index contributed by atoms with van der Waals surface area (Å²) in [5.41, 5.74) is 0.932. The van der Waals surface area contributed by atoms with E-state index in [1.54, 1.807) is 24.1 Å².